The number of benzene rings is 1. The van der Waals surface area contributed by atoms with Crippen molar-refractivity contribution >= 4 is 17.0 Å². The predicted molar refractivity (Wildman–Crippen MR) is 72.2 cm³/mol. The molecule has 1 aromatic heterocycles. The van der Waals surface area contributed by atoms with E-state index in [1.807, 2.05) is 19.1 Å². The summed E-state index contributed by atoms with van der Waals surface area (Å²) < 4.78 is 12.5. The molecule has 0 radical (unpaired) electrons. The molecule has 0 bridgehead atoms. The molecule has 0 amide bonds. The average Bonchev–Trinajstić information content (AvgIpc) is 2.98. The van der Waals surface area contributed by atoms with E-state index in [1.54, 1.807) is 11.5 Å². The zero-order valence-electron chi connectivity index (χ0n) is 11.4. The lowest BCUT2D eigenvalue weighted by atomic mass is 10.2. The van der Waals surface area contributed by atoms with Gasteiger partial charge in [0.15, 0.2) is 11.5 Å². The zero-order chi connectivity index (χ0) is 14.3. The van der Waals surface area contributed by atoms with Crippen molar-refractivity contribution in [1.82, 2.24) is 9.55 Å². The van der Waals surface area contributed by atoms with Crippen molar-refractivity contribution in [1.29, 1.82) is 0 Å². The van der Waals surface area contributed by atoms with Crippen LogP contribution in [0.1, 0.15) is 32.1 Å². The lowest BCUT2D eigenvalue weighted by molar-refractivity contribution is -0.140. The van der Waals surface area contributed by atoms with E-state index in [0.29, 0.717) is 11.5 Å². The van der Waals surface area contributed by atoms with Crippen LogP contribution in [0.5, 0.6) is 11.5 Å². The minimum Gasteiger partial charge on any atom is -0.480 e. The number of ether oxygens (including phenoxy) is 2. The Morgan fingerprint density at radius 3 is 2.80 bits per heavy atom. The fourth-order valence-corrected chi connectivity index (χ4v) is 2.48. The number of carbonyl (C=O) groups is 1. The SMILES string of the molecule is CCCc1nc2cc3c(cc2n1C(C)C(=O)O)OCO3. The van der Waals surface area contributed by atoms with Crippen LogP contribution in [0.15, 0.2) is 12.1 Å². The van der Waals surface area contributed by atoms with Crippen molar-refractivity contribution < 1.29 is 19.4 Å². The summed E-state index contributed by atoms with van der Waals surface area (Å²) in [5.74, 6) is 1.20. The van der Waals surface area contributed by atoms with E-state index in [4.69, 9.17) is 9.47 Å². The van der Waals surface area contributed by atoms with Gasteiger partial charge < -0.3 is 19.1 Å². The maximum Gasteiger partial charge on any atom is 0.326 e. The van der Waals surface area contributed by atoms with Gasteiger partial charge in [0, 0.05) is 18.6 Å². The topological polar surface area (TPSA) is 73.6 Å². The molecule has 0 aliphatic carbocycles. The number of nitrogens with zero attached hydrogens (tertiary/aromatic N) is 2. The van der Waals surface area contributed by atoms with Gasteiger partial charge in [-0.3, -0.25) is 0 Å². The highest BCUT2D eigenvalue weighted by Gasteiger charge is 2.23. The number of aliphatic carboxylic acids is 1. The maximum absolute atomic E-state index is 11.3. The molecular weight excluding hydrogens is 260 g/mol. The van der Waals surface area contributed by atoms with E-state index in [2.05, 4.69) is 4.98 Å². The first kappa shape index (κ1) is 12.8. The molecule has 1 aromatic carbocycles. The first-order valence-electron chi connectivity index (χ1n) is 6.65. The van der Waals surface area contributed by atoms with Crippen molar-refractivity contribution in [3.05, 3.63) is 18.0 Å². The third-order valence-corrected chi connectivity index (χ3v) is 3.48. The number of imidazole rings is 1. The normalized spacial score (nSPS) is 14.7. The van der Waals surface area contributed by atoms with Crippen LogP contribution in [-0.2, 0) is 11.2 Å². The highest BCUT2D eigenvalue weighted by molar-refractivity contribution is 5.83. The molecule has 0 spiro atoms. The van der Waals surface area contributed by atoms with E-state index in [-0.39, 0.29) is 6.79 Å². The first-order valence-corrected chi connectivity index (χ1v) is 6.65. The first-order chi connectivity index (χ1) is 9.61. The second-order valence-electron chi connectivity index (χ2n) is 4.86. The Labute approximate surface area is 115 Å². The molecular formula is C14H16N2O4. The van der Waals surface area contributed by atoms with Crippen LogP contribution in [0.4, 0.5) is 0 Å². The van der Waals surface area contributed by atoms with Gasteiger partial charge >= 0.3 is 5.97 Å². The number of aryl methyl sites for hydroxylation is 1. The van der Waals surface area contributed by atoms with E-state index < -0.39 is 12.0 Å². The second kappa shape index (κ2) is 4.70. The highest BCUT2D eigenvalue weighted by Crippen LogP contribution is 2.37. The third kappa shape index (κ3) is 1.88. The number of hydrogen-bond donors (Lipinski definition) is 1. The average molecular weight is 276 g/mol. The summed E-state index contributed by atoms with van der Waals surface area (Å²) in [6, 6.07) is 2.95. The lowest BCUT2D eigenvalue weighted by Gasteiger charge is -2.13. The van der Waals surface area contributed by atoms with Gasteiger partial charge in [0.2, 0.25) is 6.79 Å². The van der Waals surface area contributed by atoms with Gasteiger partial charge in [0.05, 0.1) is 11.0 Å². The molecule has 1 aliphatic rings. The molecule has 2 aromatic rings. The smallest absolute Gasteiger partial charge is 0.326 e. The molecule has 0 fully saturated rings. The summed E-state index contributed by atoms with van der Waals surface area (Å²) in [6.45, 7) is 3.90. The molecule has 1 atom stereocenters. The van der Waals surface area contributed by atoms with E-state index in [0.717, 1.165) is 29.7 Å². The standard InChI is InChI=1S/C14H16N2O4/c1-3-4-13-15-9-5-11-12(20-7-19-11)6-10(9)16(13)8(2)14(17)18/h5-6,8H,3-4,7H2,1-2H3,(H,17,18). The lowest BCUT2D eigenvalue weighted by Crippen LogP contribution is -2.17. The number of rotatable bonds is 4. The Morgan fingerprint density at radius 2 is 2.15 bits per heavy atom. The van der Waals surface area contributed by atoms with Crippen LogP contribution in [0.2, 0.25) is 0 Å². The summed E-state index contributed by atoms with van der Waals surface area (Å²) in [5.41, 5.74) is 1.51. The van der Waals surface area contributed by atoms with Crippen LogP contribution >= 0.6 is 0 Å². The molecule has 1 N–H and O–H groups in total. The van der Waals surface area contributed by atoms with E-state index in [9.17, 15) is 9.90 Å². The van der Waals surface area contributed by atoms with E-state index in [1.165, 1.54) is 0 Å². The molecule has 1 aliphatic heterocycles. The number of aromatic nitrogens is 2. The van der Waals surface area contributed by atoms with Crippen LogP contribution in [0.25, 0.3) is 11.0 Å². The minimum atomic E-state index is -0.876. The summed E-state index contributed by atoms with van der Waals surface area (Å²) in [5, 5.41) is 9.29. The van der Waals surface area contributed by atoms with Gasteiger partial charge in [-0.05, 0) is 13.3 Å². The Hall–Kier alpha value is -2.24. The van der Waals surface area contributed by atoms with Crippen LogP contribution in [-0.4, -0.2) is 27.4 Å². The van der Waals surface area contributed by atoms with Gasteiger partial charge in [-0.15, -0.1) is 0 Å². The van der Waals surface area contributed by atoms with Gasteiger partial charge in [0.25, 0.3) is 0 Å². The summed E-state index contributed by atoms with van der Waals surface area (Å²) in [4.78, 5) is 15.9. The Morgan fingerprint density at radius 1 is 1.45 bits per heavy atom. The fourth-order valence-electron chi connectivity index (χ4n) is 2.48. The molecule has 0 saturated heterocycles. The Bertz CT molecular complexity index is 677. The van der Waals surface area contributed by atoms with Crippen molar-refractivity contribution in [2.75, 3.05) is 6.79 Å². The number of carboxylic acid groups (broad SMARTS) is 1. The molecule has 2 heterocycles. The quantitative estimate of drug-likeness (QED) is 0.928. The third-order valence-electron chi connectivity index (χ3n) is 3.48. The van der Waals surface area contributed by atoms with Gasteiger partial charge in [-0.1, -0.05) is 6.92 Å². The Balaban J connectivity index is 2.22. The molecule has 106 valence electrons. The minimum absolute atomic E-state index is 0.193. The van der Waals surface area contributed by atoms with Crippen molar-refractivity contribution in [3.63, 3.8) is 0 Å². The second-order valence-corrected chi connectivity index (χ2v) is 4.86. The van der Waals surface area contributed by atoms with E-state index >= 15 is 0 Å². The van der Waals surface area contributed by atoms with Crippen molar-refractivity contribution in [2.45, 2.75) is 32.7 Å². The molecule has 3 rings (SSSR count). The summed E-state index contributed by atoms with van der Waals surface area (Å²) in [6.07, 6.45) is 1.64. The summed E-state index contributed by atoms with van der Waals surface area (Å²) >= 11 is 0. The number of hydrogen-bond acceptors (Lipinski definition) is 4. The highest BCUT2D eigenvalue weighted by atomic mass is 16.7. The summed E-state index contributed by atoms with van der Waals surface area (Å²) in [7, 11) is 0. The molecule has 20 heavy (non-hydrogen) atoms. The molecule has 6 nitrogen and oxygen atoms in total. The van der Waals surface area contributed by atoms with Crippen molar-refractivity contribution in [2.24, 2.45) is 0 Å². The number of fused-ring (bicyclic) bond motifs is 2. The maximum atomic E-state index is 11.3. The van der Waals surface area contributed by atoms with Crippen molar-refractivity contribution in [3.8, 4) is 11.5 Å². The van der Waals surface area contributed by atoms with Gasteiger partial charge in [-0.2, -0.15) is 0 Å². The van der Waals surface area contributed by atoms with Crippen LogP contribution < -0.4 is 9.47 Å². The monoisotopic (exact) mass is 276 g/mol. The zero-order valence-corrected chi connectivity index (χ0v) is 11.4. The van der Waals surface area contributed by atoms with Gasteiger partial charge in [-0.25, -0.2) is 9.78 Å². The number of carboxylic acids is 1. The molecule has 1 unspecified atom stereocenters. The Kier molecular flexibility index (Phi) is 3.00. The predicted octanol–water partition coefficient (Wildman–Crippen LogP) is 2.36. The van der Waals surface area contributed by atoms with Gasteiger partial charge in [0.1, 0.15) is 11.9 Å². The largest absolute Gasteiger partial charge is 0.480 e. The fraction of sp³-hybridized carbons (Fsp3) is 0.429. The molecule has 6 heteroatoms. The molecule has 0 saturated carbocycles. The van der Waals surface area contributed by atoms with Crippen LogP contribution in [0.3, 0.4) is 0 Å². The van der Waals surface area contributed by atoms with Crippen LogP contribution in [0, 0.1) is 0 Å².